The average Bonchev–Trinajstić information content (AvgIpc) is 3.57. The Kier molecular flexibility index (Phi) is 11.0. The zero-order chi connectivity index (χ0) is 35.7. The van der Waals surface area contributed by atoms with E-state index in [9.17, 15) is 13.2 Å². The maximum atomic E-state index is 14.8. The van der Waals surface area contributed by atoms with Crippen LogP contribution in [0.3, 0.4) is 0 Å². The molecule has 12 heteroatoms. The molecule has 1 amide bonds. The number of aliphatic hydroxyl groups is 1. The average molecular weight is 704 g/mol. The quantitative estimate of drug-likeness (QED) is 0.0524. The Morgan fingerprint density at radius 3 is 2.41 bits per heavy atom. The molecule has 260 valence electrons. The van der Waals surface area contributed by atoms with Gasteiger partial charge in [-0.25, -0.2) is 13.4 Å². The molecular formula is C39H37N5O6S. The lowest BCUT2D eigenvalue weighted by Gasteiger charge is -2.31. The molecule has 2 N–H and O–H groups in total. The minimum absolute atomic E-state index is 0.00983. The van der Waals surface area contributed by atoms with Gasteiger partial charge >= 0.3 is 0 Å². The highest BCUT2D eigenvalue weighted by Gasteiger charge is 2.54. The first-order chi connectivity index (χ1) is 24.8. The smallest absolute Gasteiger partial charge is 0.252 e. The van der Waals surface area contributed by atoms with Gasteiger partial charge in [0.25, 0.3) is 5.91 Å². The molecule has 0 saturated carbocycles. The maximum absolute atomic E-state index is 14.8. The molecule has 5 aromatic carbocycles. The first-order valence-electron chi connectivity index (χ1n) is 16.6. The number of benzene rings is 5. The van der Waals surface area contributed by atoms with Crippen LogP contribution in [-0.2, 0) is 32.5 Å². The van der Waals surface area contributed by atoms with E-state index in [0.717, 1.165) is 16.3 Å². The van der Waals surface area contributed by atoms with Gasteiger partial charge in [0.15, 0.2) is 21.5 Å². The lowest BCUT2D eigenvalue weighted by molar-refractivity contribution is -0.129. The fourth-order valence-electron chi connectivity index (χ4n) is 6.20. The van der Waals surface area contributed by atoms with E-state index >= 15 is 0 Å². The predicted octanol–water partition coefficient (Wildman–Crippen LogP) is 6.85. The summed E-state index contributed by atoms with van der Waals surface area (Å²) in [5.74, 6) is -0.180. The van der Waals surface area contributed by atoms with Crippen molar-refractivity contribution >= 4 is 32.4 Å². The Labute approximate surface area is 296 Å². The molecule has 0 fully saturated rings. The summed E-state index contributed by atoms with van der Waals surface area (Å²) in [5, 5.41) is 18.0. The number of hydrogen-bond acceptors (Lipinski definition) is 8. The summed E-state index contributed by atoms with van der Waals surface area (Å²) in [6.45, 7) is 0.492. The predicted molar refractivity (Wildman–Crippen MR) is 195 cm³/mol. The second-order valence-electron chi connectivity index (χ2n) is 12.1. The highest BCUT2D eigenvalue weighted by atomic mass is 32.2. The van der Waals surface area contributed by atoms with Crippen molar-refractivity contribution in [3.63, 3.8) is 0 Å². The van der Waals surface area contributed by atoms with Gasteiger partial charge < -0.3 is 19.9 Å². The van der Waals surface area contributed by atoms with Gasteiger partial charge in [-0.3, -0.25) is 4.79 Å². The van der Waals surface area contributed by atoms with E-state index in [-0.39, 0.29) is 36.9 Å². The van der Waals surface area contributed by atoms with Crippen LogP contribution in [0.15, 0.2) is 136 Å². The summed E-state index contributed by atoms with van der Waals surface area (Å²) in [6, 6.07) is 35.9. The van der Waals surface area contributed by atoms with E-state index in [4.69, 9.17) is 25.1 Å². The molecular weight excluding hydrogens is 667 g/mol. The number of nitrogens with zero attached hydrogens (tertiary/aromatic N) is 4. The number of amides is 1. The molecule has 0 saturated heterocycles. The van der Waals surface area contributed by atoms with E-state index in [0.29, 0.717) is 35.5 Å². The Bertz CT molecular complexity index is 2180. The van der Waals surface area contributed by atoms with Crippen molar-refractivity contribution in [3.8, 4) is 5.75 Å². The van der Waals surface area contributed by atoms with E-state index in [2.05, 4.69) is 15.3 Å². The number of ether oxygens (including phenoxy) is 2. The highest BCUT2D eigenvalue weighted by molar-refractivity contribution is 7.91. The van der Waals surface area contributed by atoms with E-state index in [1.54, 1.807) is 66.7 Å². The third-order valence-electron chi connectivity index (χ3n) is 8.85. The first-order valence-corrected chi connectivity index (χ1v) is 18.2. The Balaban J connectivity index is 1.44. The summed E-state index contributed by atoms with van der Waals surface area (Å²) in [4.78, 5) is 22.9. The second-order valence-corrected chi connectivity index (χ2v) is 14.2. The molecule has 6 rings (SSSR count). The molecule has 0 radical (unpaired) electrons. The van der Waals surface area contributed by atoms with Gasteiger partial charge in [0.1, 0.15) is 5.75 Å². The highest BCUT2D eigenvalue weighted by Crippen LogP contribution is 2.44. The molecule has 11 nitrogen and oxygen atoms in total. The first kappa shape index (κ1) is 35.2. The number of azide groups is 1. The second kappa shape index (κ2) is 15.9. The summed E-state index contributed by atoms with van der Waals surface area (Å²) < 4.78 is 39.8. The van der Waals surface area contributed by atoms with Crippen molar-refractivity contribution in [1.29, 1.82) is 0 Å². The van der Waals surface area contributed by atoms with Gasteiger partial charge in [-0.15, -0.1) is 0 Å². The lowest BCUT2D eigenvalue weighted by Crippen LogP contribution is -2.49. The Hall–Kier alpha value is -5.68. The minimum atomic E-state index is -3.85. The van der Waals surface area contributed by atoms with Crippen molar-refractivity contribution in [1.82, 2.24) is 5.32 Å². The van der Waals surface area contributed by atoms with Crippen molar-refractivity contribution in [3.05, 3.63) is 154 Å². The zero-order valence-corrected chi connectivity index (χ0v) is 28.6. The summed E-state index contributed by atoms with van der Waals surface area (Å²) >= 11 is 0. The maximum Gasteiger partial charge on any atom is 0.252 e. The summed E-state index contributed by atoms with van der Waals surface area (Å²) in [5.41, 5.74) is 9.99. The van der Waals surface area contributed by atoms with Crippen LogP contribution >= 0.6 is 0 Å². The van der Waals surface area contributed by atoms with Gasteiger partial charge in [0, 0.05) is 36.5 Å². The van der Waals surface area contributed by atoms with Crippen LogP contribution in [0.1, 0.15) is 41.2 Å². The van der Waals surface area contributed by atoms with Gasteiger partial charge in [0.05, 0.1) is 23.8 Å². The number of hydrogen-bond donors (Lipinski definition) is 2. The van der Waals surface area contributed by atoms with Crippen LogP contribution in [0.4, 0.5) is 0 Å². The van der Waals surface area contributed by atoms with Gasteiger partial charge in [-0.2, -0.15) is 0 Å². The van der Waals surface area contributed by atoms with Crippen LogP contribution in [0, 0.1) is 0 Å². The van der Waals surface area contributed by atoms with Crippen molar-refractivity contribution in [2.24, 2.45) is 10.1 Å². The number of fused-ring (bicyclic) bond motifs is 1. The molecule has 1 aliphatic heterocycles. The Morgan fingerprint density at radius 1 is 0.922 bits per heavy atom. The zero-order valence-electron chi connectivity index (χ0n) is 27.8. The Morgan fingerprint density at radius 2 is 1.63 bits per heavy atom. The molecule has 51 heavy (non-hydrogen) atoms. The molecule has 0 aromatic heterocycles. The monoisotopic (exact) mass is 703 g/mol. The molecule has 1 aliphatic rings. The lowest BCUT2D eigenvalue weighted by atomic mass is 9.83. The number of aliphatic imine (C=N–C) groups is 1. The molecule has 5 aromatic rings. The number of nitrogens with one attached hydrogen (secondary N) is 1. The molecule has 0 spiro atoms. The van der Waals surface area contributed by atoms with Crippen molar-refractivity contribution in [2.75, 3.05) is 19.0 Å². The normalized spacial score (nSPS) is 16.9. The standard InChI is InChI=1S/C39H37N5O6S/c40-44-42-27-31-11-5-7-17-35(31)36-39(22-25-51(47,48)33-14-2-1-3-15-33,38(46)41-26-30-13-8-12-28-10-4-6-16-34(28)30)43-37(50-36)29-18-20-32(21-19-29)49-24-9-23-45/h1-8,10-21,36,45H,9,22-27H2,(H,41,46)/t36-,39-/m1/s1. The number of rotatable bonds is 15. The summed E-state index contributed by atoms with van der Waals surface area (Å²) in [7, 11) is -3.85. The summed E-state index contributed by atoms with van der Waals surface area (Å²) in [6.07, 6.45) is -0.800. The number of aliphatic hydroxyl groups excluding tert-OH is 1. The molecule has 1 heterocycles. The fraction of sp³-hybridized carbons (Fsp3) is 0.231. The van der Waals surface area contributed by atoms with E-state index < -0.39 is 33.1 Å². The van der Waals surface area contributed by atoms with Crippen LogP contribution in [0.5, 0.6) is 5.75 Å². The largest absolute Gasteiger partial charge is 0.494 e. The van der Waals surface area contributed by atoms with Crippen LogP contribution in [0.2, 0.25) is 0 Å². The number of carbonyl (C=O) groups is 1. The minimum Gasteiger partial charge on any atom is -0.494 e. The molecule has 0 unspecified atom stereocenters. The third-order valence-corrected chi connectivity index (χ3v) is 10.6. The van der Waals surface area contributed by atoms with E-state index in [1.165, 1.54) is 12.1 Å². The van der Waals surface area contributed by atoms with Gasteiger partial charge in [-0.1, -0.05) is 90.0 Å². The van der Waals surface area contributed by atoms with Crippen molar-refractivity contribution in [2.45, 2.75) is 42.5 Å². The van der Waals surface area contributed by atoms with E-state index in [1.807, 2.05) is 42.5 Å². The molecule has 0 bridgehead atoms. The van der Waals surface area contributed by atoms with Crippen LogP contribution in [0.25, 0.3) is 21.2 Å². The molecule has 2 atom stereocenters. The SMILES string of the molecule is [N-]=[N+]=NCc1ccccc1[C@H]1OC(c2ccc(OCCCO)cc2)=N[C@@]1(CCS(=O)(=O)c1ccccc1)C(=O)NCc1cccc2ccccc12. The third kappa shape index (κ3) is 7.89. The van der Waals surface area contributed by atoms with Gasteiger partial charge in [0.2, 0.25) is 5.90 Å². The van der Waals surface area contributed by atoms with Crippen molar-refractivity contribution < 1.29 is 27.8 Å². The topological polar surface area (TPSA) is 163 Å². The fourth-order valence-corrected chi connectivity index (χ4v) is 7.59. The van der Waals surface area contributed by atoms with Gasteiger partial charge in [-0.05, 0) is 69.4 Å². The number of carbonyl (C=O) groups excluding carboxylic acids is 1. The number of sulfone groups is 1. The molecule has 0 aliphatic carbocycles. The van der Waals surface area contributed by atoms with Crippen LogP contribution < -0.4 is 10.1 Å². The van der Waals surface area contributed by atoms with Crippen LogP contribution in [-0.4, -0.2) is 49.8 Å².